The fourth-order valence-corrected chi connectivity index (χ4v) is 2.24. The summed E-state index contributed by atoms with van der Waals surface area (Å²) in [6, 6.07) is 10.0. The number of rotatable bonds is 4. The predicted molar refractivity (Wildman–Crippen MR) is 72.3 cm³/mol. The van der Waals surface area contributed by atoms with Crippen LogP contribution in [-0.4, -0.2) is 16.3 Å². The second kappa shape index (κ2) is 5.27. The van der Waals surface area contributed by atoms with Gasteiger partial charge in [-0.25, -0.2) is 0 Å². The lowest BCUT2D eigenvalue weighted by Crippen LogP contribution is -2.00. The first-order chi connectivity index (χ1) is 8.67. The highest BCUT2D eigenvalue weighted by Crippen LogP contribution is 2.22. The maximum atomic E-state index is 9.28. The number of hydrogen-bond donors (Lipinski definition) is 1. The van der Waals surface area contributed by atoms with E-state index in [9.17, 15) is 5.11 Å². The largest absolute Gasteiger partial charge is 0.494 e. The van der Waals surface area contributed by atoms with E-state index >= 15 is 0 Å². The van der Waals surface area contributed by atoms with Crippen LogP contribution in [0.2, 0.25) is 0 Å². The van der Waals surface area contributed by atoms with E-state index in [1.54, 1.807) is 0 Å². The van der Waals surface area contributed by atoms with Crippen LogP contribution in [0, 0.1) is 13.8 Å². The first-order valence-electron chi connectivity index (χ1n) is 6.19. The molecule has 0 saturated carbocycles. The van der Waals surface area contributed by atoms with Crippen LogP contribution in [0.25, 0.3) is 5.69 Å². The van der Waals surface area contributed by atoms with Crippen LogP contribution in [0.4, 0.5) is 0 Å². The van der Waals surface area contributed by atoms with Crippen LogP contribution < -0.4 is 4.74 Å². The third-order valence-corrected chi connectivity index (χ3v) is 3.11. The number of benzene rings is 1. The molecule has 3 nitrogen and oxygen atoms in total. The molecule has 1 N–H and O–H groups in total. The molecule has 0 saturated heterocycles. The van der Waals surface area contributed by atoms with Crippen molar-refractivity contribution in [2.75, 3.05) is 6.61 Å². The van der Waals surface area contributed by atoms with Crippen LogP contribution in [0.3, 0.4) is 0 Å². The quantitative estimate of drug-likeness (QED) is 0.898. The van der Waals surface area contributed by atoms with Gasteiger partial charge in [0.15, 0.2) is 0 Å². The third-order valence-electron chi connectivity index (χ3n) is 3.11. The van der Waals surface area contributed by atoms with E-state index in [4.69, 9.17) is 4.74 Å². The summed E-state index contributed by atoms with van der Waals surface area (Å²) in [5, 5.41) is 9.28. The van der Waals surface area contributed by atoms with Gasteiger partial charge >= 0.3 is 0 Å². The van der Waals surface area contributed by atoms with E-state index in [1.807, 2.05) is 51.1 Å². The van der Waals surface area contributed by atoms with Gasteiger partial charge in [0, 0.05) is 17.1 Å². The fraction of sp³-hybridized carbons (Fsp3) is 0.333. The number of hydrogen-bond acceptors (Lipinski definition) is 2. The van der Waals surface area contributed by atoms with Gasteiger partial charge < -0.3 is 14.4 Å². The lowest BCUT2D eigenvalue weighted by atomic mass is 10.2. The molecule has 0 amide bonds. The first-order valence-corrected chi connectivity index (χ1v) is 6.19. The fourth-order valence-electron chi connectivity index (χ4n) is 2.24. The zero-order chi connectivity index (χ0) is 13.1. The van der Waals surface area contributed by atoms with Gasteiger partial charge in [-0.15, -0.1) is 0 Å². The first kappa shape index (κ1) is 12.7. The van der Waals surface area contributed by atoms with Crippen LogP contribution in [-0.2, 0) is 6.61 Å². The lowest BCUT2D eigenvalue weighted by Gasteiger charge is -2.11. The highest BCUT2D eigenvalue weighted by Gasteiger charge is 2.09. The Morgan fingerprint density at radius 3 is 2.33 bits per heavy atom. The molecule has 0 radical (unpaired) electrons. The van der Waals surface area contributed by atoms with Gasteiger partial charge in [-0.1, -0.05) is 0 Å². The number of aliphatic hydroxyl groups is 1. The Bertz CT molecular complexity index is 526. The van der Waals surface area contributed by atoms with Crippen molar-refractivity contribution in [3.63, 3.8) is 0 Å². The summed E-state index contributed by atoms with van der Waals surface area (Å²) in [4.78, 5) is 0. The summed E-state index contributed by atoms with van der Waals surface area (Å²) in [6.45, 7) is 6.80. The summed E-state index contributed by atoms with van der Waals surface area (Å²) in [7, 11) is 0. The highest BCUT2D eigenvalue weighted by atomic mass is 16.5. The Balaban J connectivity index is 2.39. The van der Waals surface area contributed by atoms with Crippen molar-refractivity contribution in [3.05, 3.63) is 47.3 Å². The molecule has 2 rings (SSSR count). The zero-order valence-electron chi connectivity index (χ0n) is 11.1. The SMILES string of the molecule is CCOc1ccc(-n2c(C)cc(CO)c2C)cc1. The van der Waals surface area contributed by atoms with Gasteiger partial charge in [0.1, 0.15) is 5.75 Å². The molecule has 0 spiro atoms. The molecule has 0 unspecified atom stereocenters. The van der Waals surface area contributed by atoms with E-state index in [2.05, 4.69) is 4.57 Å². The van der Waals surface area contributed by atoms with Crippen molar-refractivity contribution in [3.8, 4) is 11.4 Å². The van der Waals surface area contributed by atoms with Crippen LogP contribution >= 0.6 is 0 Å². The maximum Gasteiger partial charge on any atom is 0.119 e. The van der Waals surface area contributed by atoms with Gasteiger partial charge in [-0.3, -0.25) is 0 Å². The van der Waals surface area contributed by atoms with Crippen LogP contribution in [0.15, 0.2) is 30.3 Å². The summed E-state index contributed by atoms with van der Waals surface area (Å²) in [6.07, 6.45) is 0. The van der Waals surface area contributed by atoms with Gasteiger partial charge in [0.2, 0.25) is 0 Å². The molecule has 0 fully saturated rings. The molecule has 0 aliphatic rings. The summed E-state index contributed by atoms with van der Waals surface area (Å²) in [5.74, 6) is 0.881. The van der Waals surface area contributed by atoms with Crippen molar-refractivity contribution < 1.29 is 9.84 Å². The monoisotopic (exact) mass is 245 g/mol. The Hall–Kier alpha value is -1.74. The Kier molecular flexibility index (Phi) is 3.72. The summed E-state index contributed by atoms with van der Waals surface area (Å²) >= 11 is 0. The lowest BCUT2D eigenvalue weighted by molar-refractivity contribution is 0.281. The number of ether oxygens (including phenoxy) is 1. The molecular formula is C15H19NO2. The van der Waals surface area contributed by atoms with Crippen molar-refractivity contribution >= 4 is 0 Å². The molecule has 18 heavy (non-hydrogen) atoms. The standard InChI is InChI=1S/C15H19NO2/c1-4-18-15-7-5-14(6-8-15)16-11(2)9-13(10-17)12(16)3/h5-9,17H,4,10H2,1-3H3. The van der Waals surface area contributed by atoms with E-state index in [1.165, 1.54) is 0 Å². The van der Waals surface area contributed by atoms with Crippen LogP contribution in [0.1, 0.15) is 23.9 Å². The molecule has 2 aromatic rings. The molecule has 1 aromatic carbocycles. The summed E-state index contributed by atoms with van der Waals surface area (Å²) in [5.41, 5.74) is 4.27. The normalized spacial score (nSPS) is 10.7. The minimum Gasteiger partial charge on any atom is -0.494 e. The molecule has 1 aromatic heterocycles. The van der Waals surface area contributed by atoms with E-state index < -0.39 is 0 Å². The Labute approximate surface area is 108 Å². The topological polar surface area (TPSA) is 34.4 Å². The average molecular weight is 245 g/mol. The second-order valence-electron chi connectivity index (χ2n) is 4.32. The van der Waals surface area contributed by atoms with Gasteiger partial charge in [0.05, 0.1) is 13.2 Å². The van der Waals surface area contributed by atoms with Crippen molar-refractivity contribution in [2.24, 2.45) is 0 Å². The number of nitrogens with zero attached hydrogens (tertiary/aromatic N) is 1. The maximum absolute atomic E-state index is 9.28. The Morgan fingerprint density at radius 2 is 1.83 bits per heavy atom. The highest BCUT2D eigenvalue weighted by molar-refractivity contribution is 5.43. The van der Waals surface area contributed by atoms with Gasteiger partial charge in [-0.05, 0) is 56.7 Å². The minimum atomic E-state index is 0.0801. The molecule has 0 aliphatic carbocycles. The van der Waals surface area contributed by atoms with Crippen LogP contribution in [0.5, 0.6) is 5.75 Å². The zero-order valence-corrected chi connectivity index (χ0v) is 11.1. The van der Waals surface area contributed by atoms with Crippen molar-refractivity contribution in [2.45, 2.75) is 27.4 Å². The molecule has 0 atom stereocenters. The van der Waals surface area contributed by atoms with E-state index in [0.29, 0.717) is 6.61 Å². The molecule has 0 aliphatic heterocycles. The molecule has 1 heterocycles. The molecule has 96 valence electrons. The van der Waals surface area contributed by atoms with E-state index in [-0.39, 0.29) is 6.61 Å². The van der Waals surface area contributed by atoms with E-state index in [0.717, 1.165) is 28.4 Å². The molecule has 3 heteroatoms. The summed E-state index contributed by atoms with van der Waals surface area (Å²) < 4.78 is 7.57. The number of aromatic nitrogens is 1. The average Bonchev–Trinajstić information content (AvgIpc) is 2.66. The second-order valence-corrected chi connectivity index (χ2v) is 4.32. The van der Waals surface area contributed by atoms with Gasteiger partial charge in [-0.2, -0.15) is 0 Å². The minimum absolute atomic E-state index is 0.0801. The molecule has 0 bridgehead atoms. The number of aryl methyl sites for hydroxylation is 1. The predicted octanol–water partition coefficient (Wildman–Crippen LogP) is 2.99. The van der Waals surface area contributed by atoms with Crippen molar-refractivity contribution in [1.82, 2.24) is 4.57 Å². The number of aliphatic hydroxyl groups excluding tert-OH is 1. The smallest absolute Gasteiger partial charge is 0.119 e. The third kappa shape index (κ3) is 2.27. The van der Waals surface area contributed by atoms with Crippen molar-refractivity contribution in [1.29, 1.82) is 0 Å². The Morgan fingerprint density at radius 1 is 1.17 bits per heavy atom. The molecular weight excluding hydrogens is 226 g/mol. The van der Waals surface area contributed by atoms with Gasteiger partial charge in [0.25, 0.3) is 0 Å².